The molecule has 0 aliphatic heterocycles. The second kappa shape index (κ2) is 5.55. The normalized spacial score (nSPS) is 13.9. The first-order valence-corrected chi connectivity index (χ1v) is 5.73. The second-order valence-electron chi connectivity index (χ2n) is 3.48. The van der Waals surface area contributed by atoms with Crippen molar-refractivity contribution in [1.29, 1.82) is 0 Å². The number of allylic oxidation sites excluding steroid dienone is 4. The Kier molecular flexibility index (Phi) is 4.36. The fourth-order valence-corrected chi connectivity index (χ4v) is 1.94. The van der Waals surface area contributed by atoms with E-state index in [1.54, 1.807) is 0 Å². The standard InChI is InChI=1S/C13H14.C2H6/c1-3-6-11-9-12-7-4-5-8-13(12)10(11)2;1-2/h3-8H,9H2,1-2H3;1-2H3/b6-3-;. The molecule has 0 bridgehead atoms. The van der Waals surface area contributed by atoms with Crippen LogP contribution in [0.4, 0.5) is 0 Å². The van der Waals surface area contributed by atoms with Crippen molar-refractivity contribution < 1.29 is 0 Å². The first-order chi connectivity index (χ1) is 7.33. The highest BCUT2D eigenvalue weighted by Gasteiger charge is 2.14. The third-order valence-corrected chi connectivity index (χ3v) is 2.65. The lowest BCUT2D eigenvalue weighted by molar-refractivity contribution is 1.24. The van der Waals surface area contributed by atoms with Gasteiger partial charge in [-0.25, -0.2) is 0 Å². The van der Waals surface area contributed by atoms with Gasteiger partial charge in [0.15, 0.2) is 0 Å². The molecule has 1 aromatic carbocycles. The van der Waals surface area contributed by atoms with E-state index in [0.29, 0.717) is 0 Å². The summed E-state index contributed by atoms with van der Waals surface area (Å²) in [6.45, 7) is 8.28. The molecule has 0 nitrogen and oxygen atoms in total. The Hall–Kier alpha value is -1.30. The topological polar surface area (TPSA) is 0 Å². The smallest absolute Gasteiger partial charge is 0.00170 e. The van der Waals surface area contributed by atoms with Crippen molar-refractivity contribution in [3.8, 4) is 0 Å². The van der Waals surface area contributed by atoms with Gasteiger partial charge in [-0.05, 0) is 42.5 Å². The summed E-state index contributed by atoms with van der Waals surface area (Å²) in [7, 11) is 0. The van der Waals surface area contributed by atoms with Crippen molar-refractivity contribution in [3.63, 3.8) is 0 Å². The van der Waals surface area contributed by atoms with E-state index in [1.807, 2.05) is 13.8 Å². The highest BCUT2D eigenvalue weighted by atomic mass is 14.2. The third kappa shape index (κ3) is 2.38. The fraction of sp³-hybridized carbons (Fsp3) is 0.333. The van der Waals surface area contributed by atoms with Gasteiger partial charge in [0.25, 0.3) is 0 Å². The minimum absolute atomic E-state index is 1.10. The molecule has 0 heterocycles. The molecule has 0 saturated carbocycles. The molecule has 0 spiro atoms. The van der Waals surface area contributed by atoms with Gasteiger partial charge in [0.1, 0.15) is 0 Å². The largest absolute Gasteiger partial charge is 0.0874 e. The number of hydrogen-bond acceptors (Lipinski definition) is 0. The monoisotopic (exact) mass is 200 g/mol. The van der Waals surface area contributed by atoms with E-state index in [4.69, 9.17) is 0 Å². The van der Waals surface area contributed by atoms with E-state index in [1.165, 1.54) is 22.3 Å². The molecule has 2 rings (SSSR count). The van der Waals surface area contributed by atoms with Crippen LogP contribution in [0.3, 0.4) is 0 Å². The minimum atomic E-state index is 1.10. The van der Waals surface area contributed by atoms with Gasteiger partial charge < -0.3 is 0 Å². The highest BCUT2D eigenvalue weighted by molar-refractivity contribution is 5.76. The molecule has 0 N–H and O–H groups in total. The molecule has 0 fully saturated rings. The fourth-order valence-electron chi connectivity index (χ4n) is 1.94. The maximum atomic E-state index is 2.22. The van der Waals surface area contributed by atoms with E-state index in [9.17, 15) is 0 Å². The Labute approximate surface area is 93.3 Å². The van der Waals surface area contributed by atoms with Gasteiger partial charge in [-0.3, -0.25) is 0 Å². The SMILES string of the molecule is C/C=C\C1=C(C)c2ccccc2C1.CC. The molecule has 1 aromatic rings. The summed E-state index contributed by atoms with van der Waals surface area (Å²) in [5.74, 6) is 0. The van der Waals surface area contributed by atoms with Gasteiger partial charge in [0.05, 0.1) is 0 Å². The van der Waals surface area contributed by atoms with E-state index in [0.717, 1.165) is 6.42 Å². The summed E-state index contributed by atoms with van der Waals surface area (Å²) in [6.07, 6.45) is 5.44. The van der Waals surface area contributed by atoms with Crippen molar-refractivity contribution in [1.82, 2.24) is 0 Å². The predicted octanol–water partition coefficient (Wildman–Crippen LogP) is 4.62. The van der Waals surface area contributed by atoms with Crippen molar-refractivity contribution >= 4 is 5.57 Å². The first kappa shape index (κ1) is 11.8. The number of hydrogen-bond donors (Lipinski definition) is 0. The molecular weight excluding hydrogens is 180 g/mol. The second-order valence-corrected chi connectivity index (χ2v) is 3.48. The molecule has 0 heteroatoms. The molecule has 1 aliphatic rings. The molecule has 15 heavy (non-hydrogen) atoms. The Balaban J connectivity index is 0.000000531. The quantitative estimate of drug-likeness (QED) is 0.620. The minimum Gasteiger partial charge on any atom is -0.0874 e. The van der Waals surface area contributed by atoms with Gasteiger partial charge in [0.2, 0.25) is 0 Å². The van der Waals surface area contributed by atoms with E-state index < -0.39 is 0 Å². The van der Waals surface area contributed by atoms with E-state index >= 15 is 0 Å². The zero-order valence-corrected chi connectivity index (χ0v) is 10.2. The van der Waals surface area contributed by atoms with Crippen LogP contribution in [0.2, 0.25) is 0 Å². The Morgan fingerprint density at radius 2 is 1.80 bits per heavy atom. The molecule has 0 atom stereocenters. The van der Waals surface area contributed by atoms with Crippen LogP contribution in [0.25, 0.3) is 5.57 Å². The zero-order valence-electron chi connectivity index (χ0n) is 10.2. The van der Waals surface area contributed by atoms with Crippen molar-refractivity contribution in [2.45, 2.75) is 34.1 Å². The van der Waals surface area contributed by atoms with Gasteiger partial charge in [-0.15, -0.1) is 0 Å². The summed E-state index contributed by atoms with van der Waals surface area (Å²) in [6, 6.07) is 8.65. The Bertz CT molecular complexity index is 381. The maximum Gasteiger partial charge on any atom is -0.00170 e. The zero-order chi connectivity index (χ0) is 11.3. The van der Waals surface area contributed by atoms with Crippen LogP contribution in [-0.2, 0) is 6.42 Å². The molecular formula is C15H20. The summed E-state index contributed by atoms with van der Waals surface area (Å²) in [5.41, 5.74) is 5.79. The Morgan fingerprint density at radius 3 is 2.40 bits per heavy atom. The molecule has 0 saturated heterocycles. The number of fused-ring (bicyclic) bond motifs is 1. The highest BCUT2D eigenvalue weighted by Crippen LogP contribution is 2.32. The van der Waals surface area contributed by atoms with Crippen LogP contribution < -0.4 is 0 Å². The lowest BCUT2D eigenvalue weighted by Crippen LogP contribution is -1.80. The van der Waals surface area contributed by atoms with E-state index in [2.05, 4.69) is 50.3 Å². The predicted molar refractivity (Wildman–Crippen MR) is 68.9 cm³/mol. The Morgan fingerprint density at radius 1 is 1.13 bits per heavy atom. The van der Waals surface area contributed by atoms with E-state index in [-0.39, 0.29) is 0 Å². The van der Waals surface area contributed by atoms with Crippen molar-refractivity contribution in [3.05, 3.63) is 53.1 Å². The maximum absolute atomic E-state index is 2.22. The van der Waals surface area contributed by atoms with Crippen LogP contribution in [0.5, 0.6) is 0 Å². The summed E-state index contributed by atoms with van der Waals surface area (Å²) in [5, 5.41) is 0. The van der Waals surface area contributed by atoms with Crippen LogP contribution >= 0.6 is 0 Å². The molecule has 1 aliphatic carbocycles. The molecule has 80 valence electrons. The van der Waals surface area contributed by atoms with Crippen molar-refractivity contribution in [2.75, 3.05) is 0 Å². The summed E-state index contributed by atoms with van der Waals surface area (Å²) in [4.78, 5) is 0. The molecule has 0 radical (unpaired) electrons. The first-order valence-electron chi connectivity index (χ1n) is 5.73. The lowest BCUT2D eigenvalue weighted by Gasteiger charge is -1.97. The lowest BCUT2D eigenvalue weighted by atomic mass is 10.1. The average Bonchev–Trinajstić information content (AvgIpc) is 2.60. The molecule has 0 unspecified atom stereocenters. The van der Waals surface area contributed by atoms with Crippen molar-refractivity contribution in [2.24, 2.45) is 0 Å². The van der Waals surface area contributed by atoms with Crippen LogP contribution in [-0.4, -0.2) is 0 Å². The molecule has 0 amide bonds. The average molecular weight is 200 g/mol. The number of benzene rings is 1. The molecule has 0 aromatic heterocycles. The van der Waals surface area contributed by atoms with Gasteiger partial charge in [0, 0.05) is 0 Å². The summed E-state index contributed by atoms with van der Waals surface area (Å²) >= 11 is 0. The third-order valence-electron chi connectivity index (χ3n) is 2.65. The van der Waals surface area contributed by atoms with Crippen LogP contribution in [0.15, 0.2) is 42.0 Å². The van der Waals surface area contributed by atoms with Gasteiger partial charge in [-0.2, -0.15) is 0 Å². The number of rotatable bonds is 1. The van der Waals surface area contributed by atoms with Gasteiger partial charge >= 0.3 is 0 Å². The summed E-state index contributed by atoms with van der Waals surface area (Å²) < 4.78 is 0. The van der Waals surface area contributed by atoms with Crippen LogP contribution in [0, 0.1) is 0 Å². The van der Waals surface area contributed by atoms with Crippen LogP contribution in [0.1, 0.15) is 38.8 Å². The van der Waals surface area contributed by atoms with Gasteiger partial charge in [-0.1, -0.05) is 50.3 Å².